The number of ether oxygens (including phenoxy) is 1. The Kier molecular flexibility index (Phi) is 3.47. The van der Waals surface area contributed by atoms with Gasteiger partial charge in [0.05, 0.1) is 0 Å². The van der Waals surface area contributed by atoms with E-state index in [0.717, 1.165) is 17.7 Å². The van der Waals surface area contributed by atoms with E-state index >= 15 is 0 Å². The van der Waals surface area contributed by atoms with E-state index in [-0.39, 0.29) is 0 Å². The number of aromatic nitrogens is 1. The maximum Gasteiger partial charge on any atom is 0.223 e. The summed E-state index contributed by atoms with van der Waals surface area (Å²) in [6, 6.07) is 10.2. The number of aryl methyl sites for hydroxylation is 2. The second kappa shape index (κ2) is 5.41. The molecule has 0 unspecified atom stereocenters. The van der Waals surface area contributed by atoms with E-state index in [4.69, 9.17) is 10.5 Å². The van der Waals surface area contributed by atoms with Gasteiger partial charge in [-0.25, -0.2) is 4.98 Å². The SMILES string of the molecule is NCc1cccnc1Oc1ccc2c(c1)CCCC2. The number of nitrogens with zero attached hydrogens (tertiary/aromatic N) is 1. The first-order valence-corrected chi connectivity index (χ1v) is 6.80. The van der Waals surface area contributed by atoms with E-state index in [1.165, 1.54) is 30.4 Å². The molecule has 3 rings (SSSR count). The third-order valence-electron chi connectivity index (χ3n) is 3.60. The zero-order chi connectivity index (χ0) is 13.1. The molecule has 0 aliphatic heterocycles. The van der Waals surface area contributed by atoms with Crippen molar-refractivity contribution >= 4 is 0 Å². The molecule has 0 atom stereocenters. The predicted octanol–water partition coefficient (Wildman–Crippen LogP) is 3.21. The van der Waals surface area contributed by atoms with Crippen LogP contribution in [0.1, 0.15) is 29.5 Å². The first-order valence-electron chi connectivity index (χ1n) is 6.80. The number of nitrogens with two attached hydrogens (primary N) is 1. The minimum atomic E-state index is 0.439. The highest BCUT2D eigenvalue weighted by atomic mass is 16.5. The zero-order valence-electron chi connectivity index (χ0n) is 10.9. The van der Waals surface area contributed by atoms with Crippen LogP contribution in [0.5, 0.6) is 11.6 Å². The van der Waals surface area contributed by atoms with Gasteiger partial charge in [-0.1, -0.05) is 12.1 Å². The van der Waals surface area contributed by atoms with Crippen molar-refractivity contribution in [3.63, 3.8) is 0 Å². The van der Waals surface area contributed by atoms with Gasteiger partial charge in [0.15, 0.2) is 0 Å². The second-order valence-electron chi connectivity index (χ2n) is 4.91. The van der Waals surface area contributed by atoms with Crippen LogP contribution in [-0.2, 0) is 19.4 Å². The Morgan fingerprint density at radius 2 is 1.95 bits per heavy atom. The van der Waals surface area contributed by atoms with Gasteiger partial charge < -0.3 is 10.5 Å². The Hall–Kier alpha value is -1.87. The van der Waals surface area contributed by atoms with E-state index in [2.05, 4.69) is 17.1 Å². The van der Waals surface area contributed by atoms with Gasteiger partial charge in [-0.05, 0) is 55.0 Å². The van der Waals surface area contributed by atoms with Crippen molar-refractivity contribution in [2.75, 3.05) is 0 Å². The van der Waals surface area contributed by atoms with Crippen LogP contribution in [0, 0.1) is 0 Å². The molecule has 3 heteroatoms. The second-order valence-corrected chi connectivity index (χ2v) is 4.91. The summed E-state index contributed by atoms with van der Waals surface area (Å²) in [4.78, 5) is 4.25. The van der Waals surface area contributed by atoms with Crippen molar-refractivity contribution in [3.8, 4) is 11.6 Å². The molecule has 1 aliphatic carbocycles. The molecule has 1 aliphatic rings. The van der Waals surface area contributed by atoms with Crippen LogP contribution in [0.2, 0.25) is 0 Å². The number of hydrogen-bond acceptors (Lipinski definition) is 3. The quantitative estimate of drug-likeness (QED) is 0.915. The van der Waals surface area contributed by atoms with Gasteiger partial charge in [0, 0.05) is 18.3 Å². The summed E-state index contributed by atoms with van der Waals surface area (Å²) < 4.78 is 5.88. The Balaban J connectivity index is 1.87. The lowest BCUT2D eigenvalue weighted by atomic mass is 9.92. The fourth-order valence-corrected chi connectivity index (χ4v) is 2.56. The van der Waals surface area contributed by atoms with Gasteiger partial charge in [0.1, 0.15) is 5.75 Å². The lowest BCUT2D eigenvalue weighted by molar-refractivity contribution is 0.455. The first-order chi connectivity index (χ1) is 9.36. The van der Waals surface area contributed by atoms with Crippen LogP contribution in [0.4, 0.5) is 0 Å². The molecular formula is C16H18N2O. The summed E-state index contributed by atoms with van der Waals surface area (Å²) in [6.45, 7) is 0.439. The molecule has 98 valence electrons. The van der Waals surface area contributed by atoms with Crippen LogP contribution >= 0.6 is 0 Å². The number of hydrogen-bond donors (Lipinski definition) is 1. The number of rotatable bonds is 3. The molecular weight excluding hydrogens is 236 g/mol. The van der Waals surface area contributed by atoms with Gasteiger partial charge >= 0.3 is 0 Å². The Morgan fingerprint density at radius 3 is 2.79 bits per heavy atom. The molecule has 2 N–H and O–H groups in total. The van der Waals surface area contributed by atoms with Crippen LogP contribution in [-0.4, -0.2) is 4.98 Å². The van der Waals surface area contributed by atoms with Crippen LogP contribution < -0.4 is 10.5 Å². The van der Waals surface area contributed by atoms with Crippen LogP contribution in [0.25, 0.3) is 0 Å². The van der Waals surface area contributed by atoms with E-state index in [0.29, 0.717) is 12.4 Å². The summed E-state index contributed by atoms with van der Waals surface area (Å²) in [7, 11) is 0. The molecule has 0 bridgehead atoms. The van der Waals surface area contributed by atoms with Crippen molar-refractivity contribution in [1.82, 2.24) is 4.98 Å². The summed E-state index contributed by atoms with van der Waals surface area (Å²) in [5.74, 6) is 1.47. The molecule has 0 amide bonds. The minimum absolute atomic E-state index is 0.439. The maximum atomic E-state index is 5.88. The van der Waals surface area contributed by atoms with Crippen LogP contribution in [0.3, 0.4) is 0 Å². The summed E-state index contributed by atoms with van der Waals surface area (Å²) in [5.41, 5.74) is 9.49. The molecule has 0 saturated carbocycles. The van der Waals surface area contributed by atoms with Crippen molar-refractivity contribution in [1.29, 1.82) is 0 Å². The van der Waals surface area contributed by atoms with Gasteiger partial charge in [-0.2, -0.15) is 0 Å². The standard InChI is InChI=1S/C16H18N2O/c17-11-14-6-3-9-18-16(14)19-15-8-7-12-4-1-2-5-13(12)10-15/h3,6-10H,1-2,4-5,11,17H2. The highest BCUT2D eigenvalue weighted by Gasteiger charge is 2.11. The molecule has 0 saturated heterocycles. The molecule has 0 spiro atoms. The average molecular weight is 254 g/mol. The largest absolute Gasteiger partial charge is 0.439 e. The molecule has 1 aromatic carbocycles. The Labute approximate surface area is 113 Å². The van der Waals surface area contributed by atoms with Crippen molar-refractivity contribution in [2.24, 2.45) is 5.73 Å². The van der Waals surface area contributed by atoms with Crippen molar-refractivity contribution < 1.29 is 4.74 Å². The molecule has 19 heavy (non-hydrogen) atoms. The average Bonchev–Trinajstić information content (AvgIpc) is 2.48. The fraction of sp³-hybridized carbons (Fsp3) is 0.312. The molecule has 2 aromatic rings. The Bertz CT molecular complexity index is 581. The summed E-state index contributed by atoms with van der Waals surface area (Å²) >= 11 is 0. The zero-order valence-corrected chi connectivity index (χ0v) is 10.9. The highest BCUT2D eigenvalue weighted by molar-refractivity contribution is 5.39. The van der Waals surface area contributed by atoms with E-state index in [1.54, 1.807) is 6.20 Å². The predicted molar refractivity (Wildman–Crippen MR) is 75.3 cm³/mol. The molecule has 0 fully saturated rings. The lowest BCUT2D eigenvalue weighted by Crippen LogP contribution is -2.04. The van der Waals surface area contributed by atoms with E-state index in [9.17, 15) is 0 Å². The summed E-state index contributed by atoms with van der Waals surface area (Å²) in [6.07, 6.45) is 6.64. The Morgan fingerprint density at radius 1 is 1.11 bits per heavy atom. The van der Waals surface area contributed by atoms with Crippen LogP contribution in [0.15, 0.2) is 36.5 Å². The van der Waals surface area contributed by atoms with Gasteiger partial charge in [0.2, 0.25) is 5.88 Å². The number of pyridine rings is 1. The van der Waals surface area contributed by atoms with Crippen molar-refractivity contribution in [3.05, 3.63) is 53.2 Å². The molecule has 3 nitrogen and oxygen atoms in total. The normalized spacial score (nSPS) is 13.9. The monoisotopic (exact) mass is 254 g/mol. The number of fused-ring (bicyclic) bond motifs is 1. The van der Waals surface area contributed by atoms with Gasteiger partial charge in [-0.15, -0.1) is 0 Å². The topological polar surface area (TPSA) is 48.1 Å². The molecule has 1 aromatic heterocycles. The highest BCUT2D eigenvalue weighted by Crippen LogP contribution is 2.28. The van der Waals surface area contributed by atoms with Gasteiger partial charge in [0.25, 0.3) is 0 Å². The third kappa shape index (κ3) is 2.61. The fourth-order valence-electron chi connectivity index (χ4n) is 2.56. The minimum Gasteiger partial charge on any atom is -0.439 e. The summed E-state index contributed by atoms with van der Waals surface area (Å²) in [5, 5.41) is 0. The number of benzene rings is 1. The van der Waals surface area contributed by atoms with E-state index in [1.807, 2.05) is 18.2 Å². The van der Waals surface area contributed by atoms with Gasteiger partial charge in [-0.3, -0.25) is 0 Å². The first kappa shape index (κ1) is 12.2. The smallest absolute Gasteiger partial charge is 0.223 e. The lowest BCUT2D eigenvalue weighted by Gasteiger charge is -2.17. The third-order valence-corrected chi connectivity index (χ3v) is 3.60. The maximum absolute atomic E-state index is 5.88. The van der Waals surface area contributed by atoms with Crippen molar-refractivity contribution in [2.45, 2.75) is 32.2 Å². The molecule has 0 radical (unpaired) electrons. The van der Waals surface area contributed by atoms with E-state index < -0.39 is 0 Å². The molecule has 1 heterocycles.